The molecule has 26 heavy (non-hydrogen) atoms. The molecule has 0 N–H and O–H groups in total. The number of hydrogen-bond acceptors (Lipinski definition) is 3. The van der Waals surface area contributed by atoms with E-state index in [1.54, 1.807) is 12.1 Å². The minimum Gasteiger partial charge on any atom is -0.395 e. The molecule has 0 amide bonds. The molecule has 0 saturated carbocycles. The van der Waals surface area contributed by atoms with Gasteiger partial charge in [-0.05, 0) is 54.4 Å². The maximum Gasteiger partial charge on any atom is 0.519 e. The molecule has 128 valence electrons. The van der Waals surface area contributed by atoms with Crippen molar-refractivity contribution in [3.8, 4) is 11.5 Å². The first-order valence-electron chi connectivity index (χ1n) is 8.49. The number of ether oxygens (including phenoxy) is 2. The second kappa shape index (κ2) is 6.52. The average molecular weight is 342 g/mol. The van der Waals surface area contributed by atoms with Gasteiger partial charge in [-0.3, -0.25) is 0 Å². The monoisotopic (exact) mass is 342 g/mol. The topological polar surface area (TPSA) is 35.5 Å². The van der Waals surface area contributed by atoms with Gasteiger partial charge in [-0.2, -0.15) is 0 Å². The summed E-state index contributed by atoms with van der Waals surface area (Å²) in [6.07, 6.45) is -0.743. The Morgan fingerprint density at radius 2 is 1.54 bits per heavy atom. The Balaban J connectivity index is 1.84. The molecule has 0 bridgehead atoms. The van der Waals surface area contributed by atoms with Crippen molar-refractivity contribution in [2.45, 2.75) is 13.8 Å². The lowest BCUT2D eigenvalue weighted by atomic mass is 9.98. The highest BCUT2D eigenvalue weighted by atomic mass is 16.7. The molecule has 0 heterocycles. The van der Waals surface area contributed by atoms with E-state index in [1.807, 2.05) is 49.4 Å². The van der Waals surface area contributed by atoms with Crippen molar-refractivity contribution in [1.82, 2.24) is 0 Å². The molecule has 4 rings (SSSR count). The van der Waals surface area contributed by atoms with E-state index in [1.165, 1.54) is 0 Å². The fraction of sp³-hybridized carbons (Fsp3) is 0.0870. The third kappa shape index (κ3) is 3.00. The first-order valence-corrected chi connectivity index (χ1v) is 8.49. The van der Waals surface area contributed by atoms with Crippen LogP contribution in [0.4, 0.5) is 4.79 Å². The van der Waals surface area contributed by atoms with Crippen molar-refractivity contribution in [1.29, 1.82) is 0 Å². The standard InChI is InChI=1S/C23H18O3/c1-15-11-12-17-14-20-16(2)7-6-10-19(20)22(21(17)13-15)26-23(24)25-18-8-4-3-5-9-18/h3-14H,1-2H3. The molecule has 0 aliphatic heterocycles. The predicted molar refractivity (Wildman–Crippen MR) is 104 cm³/mol. The second-order valence-corrected chi connectivity index (χ2v) is 6.37. The summed E-state index contributed by atoms with van der Waals surface area (Å²) < 4.78 is 11.0. The normalized spacial score (nSPS) is 10.8. The van der Waals surface area contributed by atoms with Crippen LogP contribution in [-0.4, -0.2) is 6.16 Å². The van der Waals surface area contributed by atoms with E-state index in [-0.39, 0.29) is 0 Å². The minimum absolute atomic E-state index is 0.453. The molecule has 0 aliphatic rings. The fourth-order valence-electron chi connectivity index (χ4n) is 3.16. The summed E-state index contributed by atoms with van der Waals surface area (Å²) in [7, 11) is 0. The third-order valence-electron chi connectivity index (χ3n) is 4.45. The average Bonchev–Trinajstić information content (AvgIpc) is 2.63. The number of carbonyl (C=O) groups excluding carboxylic acids is 1. The molecule has 3 nitrogen and oxygen atoms in total. The molecule has 4 aromatic rings. The Morgan fingerprint density at radius 3 is 2.35 bits per heavy atom. The first-order chi connectivity index (χ1) is 12.6. The lowest BCUT2D eigenvalue weighted by Crippen LogP contribution is -2.14. The van der Waals surface area contributed by atoms with Gasteiger partial charge in [0.05, 0.1) is 0 Å². The van der Waals surface area contributed by atoms with E-state index in [4.69, 9.17) is 9.47 Å². The highest BCUT2D eigenvalue weighted by Crippen LogP contribution is 2.37. The summed E-state index contributed by atoms with van der Waals surface area (Å²) in [6.45, 7) is 4.07. The van der Waals surface area contributed by atoms with Crippen molar-refractivity contribution < 1.29 is 14.3 Å². The number of rotatable bonds is 2. The Labute approximate surface area is 151 Å². The predicted octanol–water partition coefficient (Wildman–Crippen LogP) is 6.19. The van der Waals surface area contributed by atoms with Crippen LogP contribution in [0.15, 0.2) is 72.8 Å². The van der Waals surface area contributed by atoms with Crippen LogP contribution in [-0.2, 0) is 0 Å². The van der Waals surface area contributed by atoms with E-state index < -0.39 is 6.16 Å². The van der Waals surface area contributed by atoms with Gasteiger partial charge in [-0.1, -0.05) is 54.1 Å². The third-order valence-corrected chi connectivity index (χ3v) is 4.45. The number of para-hydroxylation sites is 1. The number of aryl methyl sites for hydroxylation is 2. The summed E-state index contributed by atoms with van der Waals surface area (Å²) in [4.78, 5) is 12.4. The van der Waals surface area contributed by atoms with Gasteiger partial charge in [-0.25, -0.2) is 4.79 Å². The molecule has 0 atom stereocenters. The summed E-state index contributed by atoms with van der Waals surface area (Å²) in [5.41, 5.74) is 2.23. The van der Waals surface area contributed by atoms with Gasteiger partial charge in [-0.15, -0.1) is 0 Å². The van der Waals surface area contributed by atoms with Crippen LogP contribution >= 0.6 is 0 Å². The molecule has 0 unspecified atom stereocenters. The van der Waals surface area contributed by atoms with Gasteiger partial charge in [0.15, 0.2) is 0 Å². The minimum atomic E-state index is -0.743. The molecular weight excluding hydrogens is 324 g/mol. The molecule has 0 radical (unpaired) electrons. The van der Waals surface area contributed by atoms with Crippen LogP contribution in [0, 0.1) is 13.8 Å². The molecule has 0 aliphatic carbocycles. The highest BCUT2D eigenvalue weighted by molar-refractivity contribution is 6.07. The van der Waals surface area contributed by atoms with E-state index in [0.29, 0.717) is 11.5 Å². The van der Waals surface area contributed by atoms with Crippen molar-refractivity contribution in [3.05, 3.63) is 83.9 Å². The number of fused-ring (bicyclic) bond motifs is 2. The summed E-state index contributed by atoms with van der Waals surface area (Å²) in [5, 5.41) is 3.88. The van der Waals surface area contributed by atoms with Crippen LogP contribution < -0.4 is 9.47 Å². The van der Waals surface area contributed by atoms with Crippen molar-refractivity contribution in [2.24, 2.45) is 0 Å². The van der Waals surface area contributed by atoms with Gasteiger partial charge in [0.2, 0.25) is 0 Å². The zero-order chi connectivity index (χ0) is 18.1. The smallest absolute Gasteiger partial charge is 0.395 e. The summed E-state index contributed by atoms with van der Waals surface area (Å²) in [5.74, 6) is 0.986. The molecule has 0 saturated heterocycles. The lowest BCUT2D eigenvalue weighted by molar-refractivity contribution is 0.153. The van der Waals surface area contributed by atoms with Crippen LogP contribution in [0.2, 0.25) is 0 Å². The van der Waals surface area contributed by atoms with Gasteiger partial charge in [0.1, 0.15) is 11.5 Å². The summed E-state index contributed by atoms with van der Waals surface area (Å²) >= 11 is 0. The Hall–Kier alpha value is -3.33. The molecule has 0 aromatic heterocycles. The molecule has 0 spiro atoms. The fourth-order valence-corrected chi connectivity index (χ4v) is 3.16. The number of benzene rings is 4. The maximum absolute atomic E-state index is 12.4. The van der Waals surface area contributed by atoms with E-state index in [9.17, 15) is 4.79 Å². The zero-order valence-electron chi connectivity index (χ0n) is 14.7. The van der Waals surface area contributed by atoms with Crippen LogP contribution in [0.1, 0.15) is 11.1 Å². The van der Waals surface area contributed by atoms with Crippen molar-refractivity contribution in [2.75, 3.05) is 0 Å². The van der Waals surface area contributed by atoms with Gasteiger partial charge in [0.25, 0.3) is 0 Å². The van der Waals surface area contributed by atoms with Gasteiger partial charge in [0, 0.05) is 10.8 Å². The molecule has 3 heteroatoms. The molecular formula is C23H18O3. The molecule has 4 aromatic carbocycles. The van der Waals surface area contributed by atoms with Crippen molar-refractivity contribution >= 4 is 27.7 Å². The lowest BCUT2D eigenvalue weighted by Gasteiger charge is -2.13. The largest absolute Gasteiger partial charge is 0.519 e. The van der Waals surface area contributed by atoms with Gasteiger partial charge < -0.3 is 9.47 Å². The maximum atomic E-state index is 12.4. The Morgan fingerprint density at radius 1 is 0.731 bits per heavy atom. The molecule has 0 fully saturated rings. The quantitative estimate of drug-likeness (QED) is 0.248. The SMILES string of the molecule is Cc1ccc2cc3c(C)cccc3c(OC(=O)Oc3ccccc3)c2c1. The van der Waals surface area contributed by atoms with E-state index >= 15 is 0 Å². The zero-order valence-corrected chi connectivity index (χ0v) is 14.7. The first kappa shape index (κ1) is 16.2. The van der Waals surface area contributed by atoms with Gasteiger partial charge >= 0.3 is 6.16 Å². The van der Waals surface area contributed by atoms with E-state index in [0.717, 1.165) is 32.7 Å². The highest BCUT2D eigenvalue weighted by Gasteiger charge is 2.15. The summed E-state index contributed by atoms with van der Waals surface area (Å²) in [6, 6.07) is 23.2. The number of hydrogen-bond donors (Lipinski definition) is 0. The van der Waals surface area contributed by atoms with Crippen LogP contribution in [0.3, 0.4) is 0 Å². The Bertz CT molecular complexity index is 1110. The Kier molecular flexibility index (Phi) is 4.05. The second-order valence-electron chi connectivity index (χ2n) is 6.37. The van der Waals surface area contributed by atoms with Crippen molar-refractivity contribution in [3.63, 3.8) is 0 Å². The number of carbonyl (C=O) groups is 1. The van der Waals surface area contributed by atoms with Crippen LogP contribution in [0.25, 0.3) is 21.5 Å². The van der Waals surface area contributed by atoms with E-state index in [2.05, 4.69) is 25.1 Å². The van der Waals surface area contributed by atoms with Crippen LogP contribution in [0.5, 0.6) is 11.5 Å².